The molecule has 0 saturated carbocycles. The number of carbonyl (C=O) groups is 2. The van der Waals surface area contributed by atoms with Crippen LogP contribution in [0.15, 0.2) is 54.1 Å². The molecular formula is C19H16ClNO4. The first-order chi connectivity index (χ1) is 12.0. The van der Waals surface area contributed by atoms with Gasteiger partial charge in [-0.15, -0.1) is 0 Å². The van der Waals surface area contributed by atoms with E-state index in [0.717, 1.165) is 0 Å². The van der Waals surface area contributed by atoms with Crippen LogP contribution in [-0.4, -0.2) is 23.4 Å². The fourth-order valence-electron chi connectivity index (χ4n) is 2.70. The van der Waals surface area contributed by atoms with Gasteiger partial charge < -0.3 is 15.2 Å². The third-order valence-corrected chi connectivity index (χ3v) is 4.16. The molecule has 1 aliphatic heterocycles. The molecule has 1 saturated heterocycles. The normalized spacial score (nSPS) is 18.9. The second-order valence-corrected chi connectivity index (χ2v) is 5.94. The molecule has 5 nitrogen and oxygen atoms in total. The van der Waals surface area contributed by atoms with Crippen molar-refractivity contribution in [3.05, 3.63) is 70.3 Å². The van der Waals surface area contributed by atoms with E-state index in [4.69, 9.17) is 16.3 Å². The first-order valence-corrected chi connectivity index (χ1v) is 8.16. The Morgan fingerprint density at radius 2 is 1.76 bits per heavy atom. The zero-order valence-corrected chi connectivity index (χ0v) is 14.2. The highest BCUT2D eigenvalue weighted by Gasteiger charge is 2.39. The van der Waals surface area contributed by atoms with Crippen LogP contribution in [0.5, 0.6) is 5.75 Å². The molecule has 1 amide bonds. The smallest absolute Gasteiger partial charge is 0.293 e. The van der Waals surface area contributed by atoms with Crippen molar-refractivity contribution >= 4 is 29.1 Å². The van der Waals surface area contributed by atoms with Crippen molar-refractivity contribution in [1.29, 1.82) is 0 Å². The predicted octanol–water partition coefficient (Wildman–Crippen LogP) is 3.45. The largest absolute Gasteiger partial charge is 0.507 e. The Hall–Kier alpha value is -2.79. The van der Waals surface area contributed by atoms with Gasteiger partial charge in [-0.25, -0.2) is 0 Å². The molecule has 0 aliphatic carbocycles. The summed E-state index contributed by atoms with van der Waals surface area (Å²) < 4.78 is 5.36. The van der Waals surface area contributed by atoms with E-state index in [1.807, 2.05) is 6.92 Å². The van der Waals surface area contributed by atoms with E-state index in [-0.39, 0.29) is 11.3 Å². The Balaban J connectivity index is 2.02. The SMILES string of the molecule is CCOc1ccc(/C(O)=C2/C(=O)C(=O)NC2c2ccc(Cl)cc2)cc1. The van der Waals surface area contributed by atoms with E-state index in [1.54, 1.807) is 48.5 Å². The molecular weight excluding hydrogens is 342 g/mol. The second-order valence-electron chi connectivity index (χ2n) is 5.51. The highest BCUT2D eigenvalue weighted by Crippen LogP contribution is 2.33. The first kappa shape index (κ1) is 17.0. The molecule has 1 heterocycles. The van der Waals surface area contributed by atoms with E-state index in [0.29, 0.717) is 28.5 Å². The van der Waals surface area contributed by atoms with E-state index < -0.39 is 17.7 Å². The lowest BCUT2D eigenvalue weighted by Gasteiger charge is -2.14. The molecule has 3 rings (SSSR count). The lowest BCUT2D eigenvalue weighted by molar-refractivity contribution is -0.133. The molecule has 1 unspecified atom stereocenters. The van der Waals surface area contributed by atoms with Gasteiger partial charge in [-0.1, -0.05) is 23.7 Å². The number of carbonyl (C=O) groups excluding carboxylic acids is 2. The molecule has 2 N–H and O–H groups in total. The number of halogens is 1. The van der Waals surface area contributed by atoms with Gasteiger partial charge in [-0.05, 0) is 48.9 Å². The lowest BCUT2D eigenvalue weighted by Crippen LogP contribution is -2.21. The van der Waals surface area contributed by atoms with Crippen LogP contribution in [0.2, 0.25) is 5.02 Å². The molecule has 2 aromatic carbocycles. The fourth-order valence-corrected chi connectivity index (χ4v) is 2.83. The highest BCUT2D eigenvalue weighted by atomic mass is 35.5. The van der Waals surface area contributed by atoms with E-state index in [9.17, 15) is 14.7 Å². The summed E-state index contributed by atoms with van der Waals surface area (Å²) in [7, 11) is 0. The van der Waals surface area contributed by atoms with Crippen LogP contribution in [0.1, 0.15) is 24.1 Å². The summed E-state index contributed by atoms with van der Waals surface area (Å²) in [4.78, 5) is 24.1. The summed E-state index contributed by atoms with van der Waals surface area (Å²) in [6.45, 7) is 2.40. The van der Waals surface area contributed by atoms with E-state index >= 15 is 0 Å². The minimum Gasteiger partial charge on any atom is -0.507 e. The van der Waals surface area contributed by atoms with Gasteiger partial charge in [0, 0.05) is 10.6 Å². The Morgan fingerprint density at radius 3 is 2.36 bits per heavy atom. The maximum atomic E-state index is 12.3. The minimum absolute atomic E-state index is 0.0245. The maximum Gasteiger partial charge on any atom is 0.293 e. The van der Waals surface area contributed by atoms with Gasteiger partial charge in [0.1, 0.15) is 11.5 Å². The molecule has 6 heteroatoms. The molecule has 25 heavy (non-hydrogen) atoms. The molecule has 2 aromatic rings. The Kier molecular flexibility index (Phi) is 4.76. The molecule has 1 fully saturated rings. The van der Waals surface area contributed by atoms with Crippen molar-refractivity contribution in [1.82, 2.24) is 5.32 Å². The van der Waals surface area contributed by atoms with Crippen molar-refractivity contribution in [2.24, 2.45) is 0 Å². The third kappa shape index (κ3) is 3.37. The van der Waals surface area contributed by atoms with Crippen LogP contribution in [0, 0.1) is 0 Å². The van der Waals surface area contributed by atoms with Crippen molar-refractivity contribution in [2.45, 2.75) is 13.0 Å². The van der Waals surface area contributed by atoms with Gasteiger partial charge in [-0.2, -0.15) is 0 Å². The number of aliphatic hydroxyl groups is 1. The highest BCUT2D eigenvalue weighted by molar-refractivity contribution is 6.46. The quantitative estimate of drug-likeness (QED) is 0.499. The van der Waals surface area contributed by atoms with Gasteiger partial charge in [0.2, 0.25) is 0 Å². The van der Waals surface area contributed by atoms with Crippen LogP contribution in [-0.2, 0) is 9.59 Å². The zero-order chi connectivity index (χ0) is 18.0. The monoisotopic (exact) mass is 357 g/mol. The minimum atomic E-state index is -0.744. The van der Waals surface area contributed by atoms with Crippen molar-refractivity contribution in [2.75, 3.05) is 6.61 Å². The lowest BCUT2D eigenvalue weighted by atomic mass is 9.96. The first-order valence-electron chi connectivity index (χ1n) is 7.78. The predicted molar refractivity (Wildman–Crippen MR) is 94.5 cm³/mol. The summed E-state index contributed by atoms with van der Waals surface area (Å²) >= 11 is 5.88. The number of rotatable bonds is 4. The van der Waals surface area contributed by atoms with Gasteiger partial charge in [0.15, 0.2) is 0 Å². The average molecular weight is 358 g/mol. The van der Waals surface area contributed by atoms with Crippen molar-refractivity contribution in [3.63, 3.8) is 0 Å². The van der Waals surface area contributed by atoms with Crippen LogP contribution >= 0.6 is 11.6 Å². The molecule has 1 aliphatic rings. The molecule has 1 atom stereocenters. The van der Waals surface area contributed by atoms with Gasteiger partial charge in [0.05, 0.1) is 18.2 Å². The number of ether oxygens (including phenoxy) is 1. The van der Waals surface area contributed by atoms with Gasteiger partial charge >= 0.3 is 0 Å². The molecule has 0 spiro atoms. The van der Waals surface area contributed by atoms with Crippen LogP contribution < -0.4 is 10.1 Å². The van der Waals surface area contributed by atoms with E-state index in [2.05, 4.69) is 5.32 Å². The third-order valence-electron chi connectivity index (χ3n) is 3.91. The number of aliphatic hydroxyl groups excluding tert-OH is 1. The second kappa shape index (κ2) is 6.99. The summed E-state index contributed by atoms with van der Waals surface area (Å²) in [6.07, 6.45) is 0. The summed E-state index contributed by atoms with van der Waals surface area (Å²) in [6, 6.07) is 12.7. The number of amides is 1. The average Bonchev–Trinajstić information content (AvgIpc) is 2.91. The molecule has 0 radical (unpaired) electrons. The van der Waals surface area contributed by atoms with E-state index in [1.165, 1.54) is 0 Å². The Bertz CT molecular complexity index is 841. The van der Waals surface area contributed by atoms with Crippen molar-refractivity contribution < 1.29 is 19.4 Å². The number of benzene rings is 2. The van der Waals surface area contributed by atoms with Crippen LogP contribution in [0.25, 0.3) is 5.76 Å². The number of Topliss-reactive ketones (excluding diaryl/α,β-unsaturated/α-hetero) is 1. The number of ketones is 1. The Labute approximate surface area is 149 Å². The molecule has 128 valence electrons. The standard InChI is InChI=1S/C19H16ClNO4/c1-2-25-14-9-5-12(6-10-14)17(22)15-16(21-19(24)18(15)23)11-3-7-13(20)8-4-11/h3-10,16,22H,2H2,1H3,(H,21,24)/b17-15-. The van der Waals surface area contributed by atoms with Crippen molar-refractivity contribution in [3.8, 4) is 5.75 Å². The van der Waals surface area contributed by atoms with Gasteiger partial charge in [-0.3, -0.25) is 9.59 Å². The molecule has 0 aromatic heterocycles. The summed E-state index contributed by atoms with van der Waals surface area (Å²) in [5.41, 5.74) is 1.12. The summed E-state index contributed by atoms with van der Waals surface area (Å²) in [5.74, 6) is -1.06. The van der Waals surface area contributed by atoms with Crippen LogP contribution in [0.3, 0.4) is 0 Å². The van der Waals surface area contributed by atoms with Gasteiger partial charge in [0.25, 0.3) is 11.7 Å². The number of nitrogens with one attached hydrogen (secondary N) is 1. The number of hydrogen-bond donors (Lipinski definition) is 2. The zero-order valence-electron chi connectivity index (χ0n) is 13.5. The topological polar surface area (TPSA) is 75.6 Å². The maximum absolute atomic E-state index is 12.3. The number of hydrogen-bond acceptors (Lipinski definition) is 4. The molecule has 0 bridgehead atoms. The summed E-state index contributed by atoms with van der Waals surface area (Å²) in [5, 5.41) is 13.8. The Morgan fingerprint density at radius 1 is 1.12 bits per heavy atom. The van der Waals surface area contributed by atoms with Crippen LogP contribution in [0.4, 0.5) is 0 Å². The fraction of sp³-hybridized carbons (Fsp3) is 0.158.